The average Bonchev–Trinajstić information content (AvgIpc) is 3.16. The van der Waals surface area contributed by atoms with Gasteiger partial charge in [-0.3, -0.25) is 4.79 Å². The number of amides is 2. The summed E-state index contributed by atoms with van der Waals surface area (Å²) in [6.45, 7) is 5.86. The summed E-state index contributed by atoms with van der Waals surface area (Å²) in [7, 11) is 0. The van der Waals surface area contributed by atoms with Crippen LogP contribution in [0.25, 0.3) is 11.1 Å². The number of fused-ring (bicyclic) bond motifs is 3. The van der Waals surface area contributed by atoms with Gasteiger partial charge in [0.25, 0.3) is 0 Å². The maximum Gasteiger partial charge on any atom is 0.407 e. The van der Waals surface area contributed by atoms with Crippen molar-refractivity contribution in [3.63, 3.8) is 0 Å². The maximum atomic E-state index is 12.4. The number of alkyl carbamates (subject to hydrolysis) is 1. The van der Waals surface area contributed by atoms with Crippen molar-refractivity contribution >= 4 is 18.0 Å². The van der Waals surface area contributed by atoms with Gasteiger partial charge in [-0.15, -0.1) is 0 Å². The van der Waals surface area contributed by atoms with Crippen molar-refractivity contribution in [3.05, 3.63) is 59.7 Å². The molecule has 188 valence electrons. The number of nitrogens with one attached hydrogen (secondary N) is 2. The van der Waals surface area contributed by atoms with E-state index in [9.17, 15) is 19.5 Å². The first-order valence-electron chi connectivity index (χ1n) is 12.5. The van der Waals surface area contributed by atoms with Crippen LogP contribution in [-0.2, 0) is 14.3 Å². The van der Waals surface area contributed by atoms with Crippen LogP contribution in [-0.4, -0.2) is 41.8 Å². The number of carbonyl (C=O) groups excluding carboxylic acids is 2. The normalized spacial score (nSPS) is 14.8. The Kier molecular flexibility index (Phi) is 9.29. The second-order valence-electron chi connectivity index (χ2n) is 9.39. The Morgan fingerprint density at radius 3 is 2.09 bits per heavy atom. The Hall–Kier alpha value is -3.35. The zero-order valence-electron chi connectivity index (χ0n) is 20.8. The van der Waals surface area contributed by atoms with Gasteiger partial charge in [0.05, 0.1) is 0 Å². The lowest BCUT2D eigenvalue weighted by Crippen LogP contribution is -2.43. The highest BCUT2D eigenvalue weighted by Gasteiger charge is 2.29. The molecule has 2 aromatic rings. The summed E-state index contributed by atoms with van der Waals surface area (Å²) in [5.41, 5.74) is 4.72. The molecule has 0 saturated carbocycles. The predicted molar refractivity (Wildman–Crippen MR) is 135 cm³/mol. The molecule has 0 heterocycles. The highest BCUT2D eigenvalue weighted by Crippen LogP contribution is 2.44. The number of aliphatic carboxylic acids is 1. The molecule has 2 aromatic carbocycles. The summed E-state index contributed by atoms with van der Waals surface area (Å²) in [6, 6.07) is 15.5. The summed E-state index contributed by atoms with van der Waals surface area (Å²) < 4.78 is 5.60. The van der Waals surface area contributed by atoms with Crippen LogP contribution in [0.2, 0.25) is 0 Å². The molecule has 0 spiro atoms. The van der Waals surface area contributed by atoms with E-state index in [0.717, 1.165) is 6.42 Å². The molecule has 0 bridgehead atoms. The van der Waals surface area contributed by atoms with Gasteiger partial charge in [0.15, 0.2) is 0 Å². The van der Waals surface area contributed by atoms with Gasteiger partial charge in [-0.2, -0.15) is 0 Å². The molecule has 3 rings (SSSR count). The molecule has 0 radical (unpaired) electrons. The van der Waals surface area contributed by atoms with Crippen molar-refractivity contribution in [2.24, 2.45) is 5.92 Å². The fourth-order valence-electron chi connectivity index (χ4n) is 4.63. The fourth-order valence-corrected chi connectivity index (χ4v) is 4.63. The number of benzene rings is 2. The molecule has 7 nitrogen and oxygen atoms in total. The van der Waals surface area contributed by atoms with Crippen LogP contribution in [0, 0.1) is 5.92 Å². The van der Waals surface area contributed by atoms with Crippen LogP contribution in [0.1, 0.15) is 69.9 Å². The van der Waals surface area contributed by atoms with Crippen LogP contribution < -0.4 is 10.6 Å². The van der Waals surface area contributed by atoms with Crippen molar-refractivity contribution in [2.45, 2.75) is 70.9 Å². The molecule has 0 saturated heterocycles. The standard InChI is InChI=1S/C28H36N2O5/c1-4-10-25(27(32)33)30-26(31)18(2)11-9-12-19(3)29-28(34)35-17-24-22-15-7-5-13-20(22)21-14-6-8-16-23(21)24/h5-8,13-16,18-19,24-25H,4,9-12,17H2,1-3H3,(H,29,34)(H,30,31)(H,32,33)/t18?,19?,25-/m0/s1. The molecular formula is C28H36N2O5. The number of carbonyl (C=O) groups is 3. The molecule has 1 aliphatic carbocycles. The Morgan fingerprint density at radius 2 is 1.51 bits per heavy atom. The number of rotatable bonds is 12. The first kappa shape index (κ1) is 26.3. The minimum Gasteiger partial charge on any atom is -0.480 e. The highest BCUT2D eigenvalue weighted by atomic mass is 16.5. The summed E-state index contributed by atoms with van der Waals surface area (Å²) in [6.07, 6.45) is 2.68. The largest absolute Gasteiger partial charge is 0.480 e. The molecule has 7 heteroatoms. The molecule has 1 aliphatic rings. The van der Waals surface area contributed by atoms with Gasteiger partial charge in [0, 0.05) is 17.9 Å². The van der Waals surface area contributed by atoms with E-state index in [2.05, 4.69) is 34.9 Å². The molecule has 0 fully saturated rings. The van der Waals surface area contributed by atoms with Crippen molar-refractivity contribution in [1.82, 2.24) is 10.6 Å². The lowest BCUT2D eigenvalue weighted by molar-refractivity contribution is -0.142. The lowest BCUT2D eigenvalue weighted by atomic mass is 9.98. The van der Waals surface area contributed by atoms with Gasteiger partial charge >= 0.3 is 12.1 Å². The predicted octanol–water partition coefficient (Wildman–Crippen LogP) is 5.09. The van der Waals surface area contributed by atoms with Crippen molar-refractivity contribution in [3.8, 4) is 11.1 Å². The monoisotopic (exact) mass is 480 g/mol. The third kappa shape index (κ3) is 6.84. The van der Waals surface area contributed by atoms with E-state index in [1.165, 1.54) is 22.3 Å². The molecule has 3 N–H and O–H groups in total. The first-order chi connectivity index (χ1) is 16.8. The van der Waals surface area contributed by atoms with E-state index < -0.39 is 18.1 Å². The zero-order chi connectivity index (χ0) is 25.4. The second-order valence-corrected chi connectivity index (χ2v) is 9.39. The SMILES string of the molecule is CCC[C@H](NC(=O)C(C)CCCC(C)NC(=O)OCC1c2ccccc2-c2ccccc21)C(=O)O. The van der Waals surface area contributed by atoms with Crippen molar-refractivity contribution in [1.29, 1.82) is 0 Å². The molecular weight excluding hydrogens is 444 g/mol. The van der Waals surface area contributed by atoms with E-state index >= 15 is 0 Å². The van der Waals surface area contributed by atoms with E-state index in [4.69, 9.17) is 4.74 Å². The summed E-state index contributed by atoms with van der Waals surface area (Å²) in [5.74, 6) is -1.53. The van der Waals surface area contributed by atoms with Gasteiger partial charge in [-0.05, 0) is 48.4 Å². The summed E-state index contributed by atoms with van der Waals surface area (Å²) in [5, 5.41) is 14.7. The van der Waals surface area contributed by atoms with Crippen LogP contribution in [0.5, 0.6) is 0 Å². The van der Waals surface area contributed by atoms with E-state index in [1.54, 1.807) is 6.92 Å². The minimum absolute atomic E-state index is 0.0187. The van der Waals surface area contributed by atoms with Crippen molar-refractivity contribution in [2.75, 3.05) is 6.61 Å². The zero-order valence-corrected chi connectivity index (χ0v) is 20.8. The Balaban J connectivity index is 1.41. The fraction of sp³-hybridized carbons (Fsp3) is 0.464. The number of hydrogen-bond donors (Lipinski definition) is 3. The molecule has 0 aliphatic heterocycles. The molecule has 3 atom stereocenters. The quantitative estimate of drug-likeness (QED) is 0.392. The van der Waals surface area contributed by atoms with Crippen LogP contribution in [0.15, 0.2) is 48.5 Å². The van der Waals surface area contributed by atoms with E-state index in [-0.39, 0.29) is 30.4 Å². The lowest BCUT2D eigenvalue weighted by Gasteiger charge is -2.19. The number of carboxylic acids is 1. The number of carboxylic acid groups (broad SMARTS) is 1. The van der Waals surface area contributed by atoms with Gasteiger partial charge in [0.2, 0.25) is 5.91 Å². The number of hydrogen-bond acceptors (Lipinski definition) is 4. The Morgan fingerprint density at radius 1 is 0.914 bits per heavy atom. The first-order valence-corrected chi connectivity index (χ1v) is 12.5. The third-order valence-electron chi connectivity index (χ3n) is 6.62. The Labute approximate surface area is 207 Å². The van der Waals surface area contributed by atoms with Gasteiger partial charge < -0.3 is 20.5 Å². The second kappa shape index (κ2) is 12.4. The minimum atomic E-state index is -1.01. The molecule has 2 amide bonds. The third-order valence-corrected chi connectivity index (χ3v) is 6.62. The molecule has 2 unspecified atom stereocenters. The number of ether oxygens (including phenoxy) is 1. The van der Waals surface area contributed by atoms with Gasteiger partial charge in [0.1, 0.15) is 12.6 Å². The van der Waals surface area contributed by atoms with Crippen molar-refractivity contribution < 1.29 is 24.2 Å². The van der Waals surface area contributed by atoms with Gasteiger partial charge in [-0.1, -0.05) is 75.2 Å². The topological polar surface area (TPSA) is 105 Å². The summed E-state index contributed by atoms with van der Waals surface area (Å²) >= 11 is 0. The average molecular weight is 481 g/mol. The van der Waals surface area contributed by atoms with Crippen LogP contribution in [0.3, 0.4) is 0 Å². The van der Waals surface area contributed by atoms with E-state index in [1.807, 2.05) is 38.1 Å². The smallest absolute Gasteiger partial charge is 0.407 e. The molecule has 35 heavy (non-hydrogen) atoms. The summed E-state index contributed by atoms with van der Waals surface area (Å²) in [4.78, 5) is 36.0. The van der Waals surface area contributed by atoms with E-state index in [0.29, 0.717) is 25.7 Å². The van der Waals surface area contributed by atoms with Gasteiger partial charge in [-0.25, -0.2) is 9.59 Å². The highest BCUT2D eigenvalue weighted by molar-refractivity contribution is 5.84. The van der Waals surface area contributed by atoms with Crippen LogP contribution >= 0.6 is 0 Å². The maximum absolute atomic E-state index is 12.4. The Bertz CT molecular complexity index is 992. The molecule has 0 aromatic heterocycles. The van der Waals surface area contributed by atoms with Crippen LogP contribution in [0.4, 0.5) is 4.79 Å².